The van der Waals surface area contributed by atoms with Gasteiger partial charge in [-0.15, -0.1) is 0 Å². The molecular weight excluding hydrogens is 355 g/mol. The number of hydrogen-bond donors (Lipinski definition) is 0. The summed E-state index contributed by atoms with van der Waals surface area (Å²) in [6.07, 6.45) is 1.96. The predicted molar refractivity (Wildman–Crippen MR) is 103 cm³/mol. The Hall–Kier alpha value is -2.49. The minimum atomic E-state index is -0.0581. The molecule has 0 N–H and O–H groups in total. The van der Waals surface area contributed by atoms with E-state index < -0.39 is 0 Å². The van der Waals surface area contributed by atoms with Crippen molar-refractivity contribution in [1.29, 1.82) is 0 Å². The van der Waals surface area contributed by atoms with Crippen LogP contribution in [0.4, 0.5) is 0 Å². The highest BCUT2D eigenvalue weighted by atomic mass is 35.5. The summed E-state index contributed by atoms with van der Waals surface area (Å²) in [6.45, 7) is 0.579. The first-order valence-electron chi connectivity index (χ1n) is 7.84. The SMILES string of the molecule is O=c1ccc2c(ccn2Cc2cc(Cl)ccc2Cl)n1-c1ccccc1. The van der Waals surface area contributed by atoms with Gasteiger partial charge in [0.2, 0.25) is 0 Å². The van der Waals surface area contributed by atoms with Crippen LogP contribution in [-0.2, 0) is 6.54 Å². The number of fused-ring (bicyclic) bond motifs is 1. The summed E-state index contributed by atoms with van der Waals surface area (Å²) in [6, 6.07) is 20.4. The van der Waals surface area contributed by atoms with Crippen molar-refractivity contribution in [2.75, 3.05) is 0 Å². The molecule has 0 saturated heterocycles. The zero-order valence-electron chi connectivity index (χ0n) is 13.2. The second-order valence-corrected chi connectivity index (χ2v) is 6.64. The molecule has 5 heteroatoms. The molecule has 0 radical (unpaired) electrons. The van der Waals surface area contributed by atoms with Crippen LogP contribution in [0.5, 0.6) is 0 Å². The lowest BCUT2D eigenvalue weighted by molar-refractivity contribution is 0.835. The van der Waals surface area contributed by atoms with Crippen LogP contribution in [-0.4, -0.2) is 9.13 Å². The Labute approximate surface area is 154 Å². The molecule has 0 amide bonds. The van der Waals surface area contributed by atoms with Crippen molar-refractivity contribution in [2.45, 2.75) is 6.54 Å². The molecule has 2 heterocycles. The fourth-order valence-electron chi connectivity index (χ4n) is 3.02. The minimum absolute atomic E-state index is 0.0581. The molecule has 4 rings (SSSR count). The maximum absolute atomic E-state index is 12.4. The average Bonchev–Trinajstić information content (AvgIpc) is 3.01. The summed E-state index contributed by atoms with van der Waals surface area (Å²) in [5.41, 5.74) is 3.54. The van der Waals surface area contributed by atoms with E-state index in [1.807, 2.05) is 54.7 Å². The summed E-state index contributed by atoms with van der Waals surface area (Å²) < 4.78 is 3.77. The smallest absolute Gasteiger partial charge is 0.255 e. The molecule has 0 fully saturated rings. The molecule has 0 aliphatic rings. The molecule has 4 aromatic rings. The summed E-state index contributed by atoms with van der Waals surface area (Å²) in [4.78, 5) is 12.4. The van der Waals surface area contributed by atoms with Gasteiger partial charge in [0.05, 0.1) is 11.0 Å². The van der Waals surface area contributed by atoms with Crippen LogP contribution in [0.2, 0.25) is 10.0 Å². The highest BCUT2D eigenvalue weighted by Gasteiger charge is 2.10. The summed E-state index contributed by atoms with van der Waals surface area (Å²) in [5, 5.41) is 1.32. The Morgan fingerprint density at radius 2 is 1.64 bits per heavy atom. The lowest BCUT2D eigenvalue weighted by Crippen LogP contribution is -2.17. The summed E-state index contributed by atoms with van der Waals surface area (Å²) in [7, 11) is 0. The second-order valence-electron chi connectivity index (χ2n) is 5.79. The zero-order chi connectivity index (χ0) is 17.4. The van der Waals surface area contributed by atoms with Gasteiger partial charge in [-0.1, -0.05) is 41.4 Å². The number of aromatic nitrogens is 2. The first kappa shape index (κ1) is 16.0. The van der Waals surface area contributed by atoms with E-state index in [1.54, 1.807) is 22.8 Å². The molecule has 0 unspecified atom stereocenters. The second kappa shape index (κ2) is 6.43. The van der Waals surface area contributed by atoms with E-state index in [-0.39, 0.29) is 5.56 Å². The molecule has 3 nitrogen and oxygen atoms in total. The van der Waals surface area contributed by atoms with Crippen LogP contribution >= 0.6 is 23.2 Å². The lowest BCUT2D eigenvalue weighted by atomic mass is 10.2. The predicted octanol–water partition coefficient (Wildman–Crippen LogP) is 5.15. The Bertz CT molecular complexity index is 1110. The van der Waals surface area contributed by atoms with Gasteiger partial charge in [-0.05, 0) is 48.0 Å². The van der Waals surface area contributed by atoms with Crippen molar-refractivity contribution in [2.24, 2.45) is 0 Å². The molecule has 0 aliphatic carbocycles. The molecule has 0 bridgehead atoms. The van der Waals surface area contributed by atoms with E-state index in [9.17, 15) is 4.79 Å². The molecular formula is C20H14Cl2N2O. The number of pyridine rings is 1. The number of benzene rings is 2. The Morgan fingerprint density at radius 3 is 2.44 bits per heavy atom. The zero-order valence-corrected chi connectivity index (χ0v) is 14.7. The molecule has 0 saturated carbocycles. The van der Waals surface area contributed by atoms with Gasteiger partial charge < -0.3 is 4.57 Å². The number of halogens is 2. The third-order valence-corrected chi connectivity index (χ3v) is 4.80. The number of hydrogen-bond acceptors (Lipinski definition) is 1. The van der Waals surface area contributed by atoms with Gasteiger partial charge in [0, 0.05) is 34.5 Å². The molecule has 2 aromatic heterocycles. The van der Waals surface area contributed by atoms with Crippen LogP contribution in [0.25, 0.3) is 16.7 Å². The largest absolute Gasteiger partial charge is 0.342 e. The molecule has 0 spiro atoms. The normalized spacial score (nSPS) is 11.1. The van der Waals surface area contributed by atoms with E-state index in [4.69, 9.17) is 23.2 Å². The molecule has 124 valence electrons. The highest BCUT2D eigenvalue weighted by molar-refractivity contribution is 6.33. The summed E-state index contributed by atoms with van der Waals surface area (Å²) >= 11 is 12.4. The maximum atomic E-state index is 12.4. The van der Waals surface area contributed by atoms with Gasteiger partial charge in [-0.2, -0.15) is 0 Å². The standard InChI is InChI=1S/C20H14Cl2N2O/c21-15-6-7-17(22)14(12-15)13-23-11-10-19-18(23)8-9-20(25)24(19)16-4-2-1-3-5-16/h1-12H,13H2. The number of para-hydroxylation sites is 1. The van der Waals surface area contributed by atoms with Crippen LogP contribution in [0.15, 0.2) is 77.7 Å². The van der Waals surface area contributed by atoms with E-state index in [2.05, 4.69) is 4.57 Å². The first-order chi connectivity index (χ1) is 12.1. The molecule has 25 heavy (non-hydrogen) atoms. The van der Waals surface area contributed by atoms with E-state index >= 15 is 0 Å². The Balaban J connectivity index is 1.86. The fraction of sp³-hybridized carbons (Fsp3) is 0.0500. The van der Waals surface area contributed by atoms with Crippen LogP contribution in [0.3, 0.4) is 0 Å². The quantitative estimate of drug-likeness (QED) is 0.491. The Morgan fingerprint density at radius 1 is 0.840 bits per heavy atom. The van der Waals surface area contributed by atoms with Crippen LogP contribution < -0.4 is 5.56 Å². The van der Waals surface area contributed by atoms with Crippen molar-refractivity contribution in [1.82, 2.24) is 9.13 Å². The van der Waals surface area contributed by atoms with E-state index in [1.165, 1.54) is 0 Å². The third-order valence-electron chi connectivity index (χ3n) is 4.19. The molecule has 0 aliphatic heterocycles. The van der Waals surface area contributed by atoms with Gasteiger partial charge in [0.1, 0.15) is 0 Å². The summed E-state index contributed by atoms with van der Waals surface area (Å²) in [5.74, 6) is 0. The van der Waals surface area contributed by atoms with Crippen molar-refractivity contribution in [3.8, 4) is 5.69 Å². The van der Waals surface area contributed by atoms with Crippen LogP contribution in [0.1, 0.15) is 5.56 Å². The van der Waals surface area contributed by atoms with Crippen LogP contribution in [0, 0.1) is 0 Å². The third kappa shape index (κ3) is 2.97. The topological polar surface area (TPSA) is 26.9 Å². The number of rotatable bonds is 3. The lowest BCUT2D eigenvalue weighted by Gasteiger charge is -2.10. The van der Waals surface area contributed by atoms with E-state index in [0.717, 1.165) is 22.3 Å². The van der Waals surface area contributed by atoms with Crippen molar-refractivity contribution in [3.63, 3.8) is 0 Å². The molecule has 2 aromatic carbocycles. The highest BCUT2D eigenvalue weighted by Crippen LogP contribution is 2.24. The average molecular weight is 369 g/mol. The van der Waals surface area contributed by atoms with Gasteiger partial charge in [-0.3, -0.25) is 9.36 Å². The van der Waals surface area contributed by atoms with Crippen molar-refractivity contribution < 1.29 is 0 Å². The van der Waals surface area contributed by atoms with Gasteiger partial charge in [-0.25, -0.2) is 0 Å². The van der Waals surface area contributed by atoms with Crippen molar-refractivity contribution >= 4 is 34.2 Å². The first-order valence-corrected chi connectivity index (χ1v) is 8.59. The van der Waals surface area contributed by atoms with Gasteiger partial charge in [0.15, 0.2) is 0 Å². The monoisotopic (exact) mass is 368 g/mol. The Kier molecular flexibility index (Phi) is 4.12. The molecule has 0 atom stereocenters. The fourth-order valence-corrected chi connectivity index (χ4v) is 3.39. The maximum Gasteiger partial charge on any atom is 0.255 e. The van der Waals surface area contributed by atoms with E-state index in [0.29, 0.717) is 16.6 Å². The van der Waals surface area contributed by atoms with Gasteiger partial charge >= 0.3 is 0 Å². The van der Waals surface area contributed by atoms with Gasteiger partial charge in [0.25, 0.3) is 5.56 Å². The van der Waals surface area contributed by atoms with Crippen molar-refractivity contribution in [3.05, 3.63) is 98.9 Å². The minimum Gasteiger partial charge on any atom is -0.342 e. The number of nitrogens with zero attached hydrogens (tertiary/aromatic N) is 2.